The molecule has 0 amide bonds. The lowest BCUT2D eigenvalue weighted by Gasteiger charge is -2.01. The Morgan fingerprint density at radius 3 is 2.74 bits per heavy atom. The Morgan fingerprint density at radius 1 is 1.32 bits per heavy atom. The van der Waals surface area contributed by atoms with Crippen molar-refractivity contribution in [3.05, 3.63) is 35.5 Å². The van der Waals surface area contributed by atoms with E-state index >= 15 is 0 Å². The Bertz CT molecular complexity index is 787. The minimum Gasteiger partial charge on any atom is -0.477 e. The van der Waals surface area contributed by atoms with Crippen molar-refractivity contribution >= 4 is 11.7 Å². The van der Waals surface area contributed by atoms with Crippen molar-refractivity contribution in [3.63, 3.8) is 0 Å². The highest BCUT2D eigenvalue weighted by atomic mass is 16.4. The highest BCUT2D eigenvalue weighted by Crippen LogP contribution is 2.21. The molecule has 3 rings (SSSR count). The van der Waals surface area contributed by atoms with Gasteiger partial charge in [0.2, 0.25) is 0 Å². The van der Waals surface area contributed by atoms with Crippen LogP contribution in [0.25, 0.3) is 17.2 Å². The van der Waals surface area contributed by atoms with Gasteiger partial charge < -0.3 is 9.52 Å². The molecule has 0 aliphatic heterocycles. The largest absolute Gasteiger partial charge is 0.477 e. The second-order valence-corrected chi connectivity index (χ2v) is 4.11. The van der Waals surface area contributed by atoms with Crippen LogP contribution in [0.1, 0.15) is 22.1 Å². The fourth-order valence-electron chi connectivity index (χ4n) is 1.82. The quantitative estimate of drug-likeness (QED) is 0.751. The molecule has 0 aliphatic carbocycles. The van der Waals surface area contributed by atoms with E-state index in [4.69, 9.17) is 4.42 Å². The summed E-state index contributed by atoms with van der Waals surface area (Å²) in [5, 5.41) is 13.2. The van der Waals surface area contributed by atoms with Crippen LogP contribution in [0.15, 0.2) is 22.6 Å². The Kier molecular flexibility index (Phi) is 2.34. The fraction of sp³-hybridized carbons (Fsp3) is 0.167. The van der Waals surface area contributed by atoms with Gasteiger partial charge in [0.1, 0.15) is 17.3 Å². The van der Waals surface area contributed by atoms with Crippen LogP contribution in [-0.4, -0.2) is 30.7 Å². The predicted molar refractivity (Wildman–Crippen MR) is 64.9 cm³/mol. The molecule has 0 aliphatic rings. The first-order chi connectivity index (χ1) is 9.04. The van der Waals surface area contributed by atoms with Gasteiger partial charge >= 0.3 is 5.97 Å². The van der Waals surface area contributed by atoms with Gasteiger partial charge in [-0.1, -0.05) is 0 Å². The molecule has 0 saturated carbocycles. The third-order valence-corrected chi connectivity index (χ3v) is 2.63. The van der Waals surface area contributed by atoms with Crippen LogP contribution in [0.3, 0.4) is 0 Å². The lowest BCUT2D eigenvalue weighted by atomic mass is 10.2. The van der Waals surface area contributed by atoms with E-state index in [0.29, 0.717) is 17.3 Å². The van der Waals surface area contributed by atoms with E-state index < -0.39 is 5.97 Å². The number of fused-ring (bicyclic) bond motifs is 1. The number of nitrogens with zero attached hydrogens (tertiary/aromatic N) is 4. The maximum Gasteiger partial charge on any atom is 0.354 e. The highest BCUT2D eigenvalue weighted by Gasteiger charge is 2.16. The monoisotopic (exact) mass is 258 g/mol. The maximum absolute atomic E-state index is 11.3. The Balaban J connectivity index is 2.29. The predicted octanol–water partition coefficient (Wildman–Crippen LogP) is 1.70. The Morgan fingerprint density at radius 2 is 2.11 bits per heavy atom. The third kappa shape index (κ3) is 1.85. The Hall–Kier alpha value is -2.70. The number of aryl methyl sites for hydroxylation is 2. The molecule has 3 aromatic heterocycles. The first-order valence-corrected chi connectivity index (χ1v) is 5.59. The molecule has 7 heteroatoms. The number of carboxylic acid groups (broad SMARTS) is 1. The fourth-order valence-corrected chi connectivity index (χ4v) is 1.82. The lowest BCUT2D eigenvalue weighted by Crippen LogP contribution is -2.08. The van der Waals surface area contributed by atoms with Crippen LogP contribution >= 0.6 is 0 Å². The molecule has 0 saturated heterocycles. The zero-order valence-electron chi connectivity index (χ0n) is 10.3. The molecule has 0 spiro atoms. The smallest absolute Gasteiger partial charge is 0.354 e. The number of furan rings is 1. The zero-order valence-corrected chi connectivity index (χ0v) is 10.3. The van der Waals surface area contributed by atoms with Gasteiger partial charge in [-0.05, 0) is 26.0 Å². The molecule has 1 N–H and O–H groups in total. The van der Waals surface area contributed by atoms with E-state index in [1.54, 1.807) is 26.0 Å². The van der Waals surface area contributed by atoms with Crippen molar-refractivity contribution in [2.75, 3.05) is 0 Å². The molecule has 96 valence electrons. The highest BCUT2D eigenvalue weighted by molar-refractivity contribution is 5.87. The third-order valence-electron chi connectivity index (χ3n) is 2.63. The van der Waals surface area contributed by atoms with Crippen LogP contribution in [0.4, 0.5) is 0 Å². The topological polar surface area (TPSA) is 93.5 Å². The average molecular weight is 258 g/mol. The molecule has 3 heterocycles. The van der Waals surface area contributed by atoms with Crippen LogP contribution in [0, 0.1) is 13.8 Å². The minimum atomic E-state index is -1.10. The summed E-state index contributed by atoms with van der Waals surface area (Å²) < 4.78 is 6.65. The number of carbonyl (C=O) groups is 1. The molecular formula is C12H10N4O3. The van der Waals surface area contributed by atoms with Gasteiger partial charge in [0.25, 0.3) is 5.78 Å². The van der Waals surface area contributed by atoms with Crippen LogP contribution in [-0.2, 0) is 0 Å². The van der Waals surface area contributed by atoms with Gasteiger partial charge in [0.05, 0.1) is 0 Å². The van der Waals surface area contributed by atoms with Crippen molar-refractivity contribution in [1.82, 2.24) is 19.6 Å². The summed E-state index contributed by atoms with van der Waals surface area (Å²) in [5.74, 6) is 0.834. The molecule has 0 unspecified atom stereocenters. The normalized spacial score (nSPS) is 11.1. The van der Waals surface area contributed by atoms with Crippen LogP contribution < -0.4 is 0 Å². The van der Waals surface area contributed by atoms with E-state index in [-0.39, 0.29) is 11.5 Å². The maximum atomic E-state index is 11.3. The summed E-state index contributed by atoms with van der Waals surface area (Å²) in [6.07, 6.45) is 0. The van der Waals surface area contributed by atoms with E-state index in [1.165, 1.54) is 10.6 Å². The number of hydrogen-bond donors (Lipinski definition) is 1. The summed E-state index contributed by atoms with van der Waals surface area (Å²) in [5.41, 5.74) is 0.417. The van der Waals surface area contributed by atoms with E-state index in [2.05, 4.69) is 15.1 Å². The number of aromatic nitrogens is 4. The van der Waals surface area contributed by atoms with Crippen molar-refractivity contribution in [1.29, 1.82) is 0 Å². The molecule has 0 aromatic carbocycles. The van der Waals surface area contributed by atoms with Crippen LogP contribution in [0.2, 0.25) is 0 Å². The van der Waals surface area contributed by atoms with E-state index in [9.17, 15) is 9.90 Å². The molecule has 19 heavy (non-hydrogen) atoms. The molecule has 3 aromatic rings. The van der Waals surface area contributed by atoms with Gasteiger partial charge in [0.15, 0.2) is 11.5 Å². The summed E-state index contributed by atoms with van der Waals surface area (Å²) in [6, 6.07) is 4.95. The molecule has 7 nitrogen and oxygen atoms in total. The van der Waals surface area contributed by atoms with Gasteiger partial charge in [-0.25, -0.2) is 9.78 Å². The minimum absolute atomic E-state index is 0.00495. The molecule has 0 bridgehead atoms. The zero-order chi connectivity index (χ0) is 13.6. The standard InChI is InChI=1S/C12H10N4O3/c1-6-3-4-10(19-6)8-5-9(11(17)18)16-12(14-8)13-7(2)15-16/h3-5H,1-2H3,(H,17,18). The second kappa shape index (κ2) is 3.91. The van der Waals surface area contributed by atoms with Gasteiger partial charge in [0, 0.05) is 6.07 Å². The molecule has 0 fully saturated rings. The summed E-state index contributed by atoms with van der Waals surface area (Å²) in [4.78, 5) is 19.6. The van der Waals surface area contributed by atoms with Gasteiger partial charge in [-0.2, -0.15) is 9.50 Å². The average Bonchev–Trinajstić information content (AvgIpc) is 2.92. The van der Waals surface area contributed by atoms with Gasteiger partial charge in [-0.15, -0.1) is 5.10 Å². The van der Waals surface area contributed by atoms with Gasteiger partial charge in [-0.3, -0.25) is 0 Å². The SMILES string of the molecule is Cc1nc2nc(-c3ccc(C)o3)cc(C(=O)O)n2n1. The number of carboxylic acids is 1. The molecular weight excluding hydrogens is 248 g/mol. The Labute approximate surface area is 107 Å². The number of hydrogen-bond acceptors (Lipinski definition) is 5. The lowest BCUT2D eigenvalue weighted by molar-refractivity contribution is 0.0687. The van der Waals surface area contributed by atoms with Crippen molar-refractivity contribution in [2.45, 2.75) is 13.8 Å². The molecule has 0 atom stereocenters. The second-order valence-electron chi connectivity index (χ2n) is 4.11. The summed E-state index contributed by atoms with van der Waals surface area (Å²) >= 11 is 0. The summed E-state index contributed by atoms with van der Waals surface area (Å²) in [6.45, 7) is 3.48. The number of aromatic carboxylic acids is 1. The van der Waals surface area contributed by atoms with Crippen molar-refractivity contribution in [2.24, 2.45) is 0 Å². The van der Waals surface area contributed by atoms with E-state index in [0.717, 1.165) is 5.76 Å². The van der Waals surface area contributed by atoms with Crippen molar-refractivity contribution in [3.8, 4) is 11.5 Å². The first-order valence-electron chi connectivity index (χ1n) is 5.59. The number of rotatable bonds is 2. The van der Waals surface area contributed by atoms with Crippen molar-refractivity contribution < 1.29 is 14.3 Å². The first kappa shape index (κ1) is 11.4. The van der Waals surface area contributed by atoms with Crippen LogP contribution in [0.5, 0.6) is 0 Å². The summed E-state index contributed by atoms with van der Waals surface area (Å²) in [7, 11) is 0. The van der Waals surface area contributed by atoms with E-state index in [1.807, 2.05) is 0 Å². The molecule has 0 radical (unpaired) electrons.